The first-order chi connectivity index (χ1) is 12.8. The first-order valence-corrected chi connectivity index (χ1v) is 8.98. The van der Waals surface area contributed by atoms with Crippen LogP contribution in [0.25, 0.3) is 0 Å². The highest BCUT2D eigenvalue weighted by molar-refractivity contribution is 6.04. The highest BCUT2D eigenvalue weighted by atomic mass is 16.4. The summed E-state index contributed by atoms with van der Waals surface area (Å²) >= 11 is 0. The van der Waals surface area contributed by atoms with E-state index < -0.39 is 30.0 Å². The molecule has 2 aliphatic heterocycles. The second kappa shape index (κ2) is 7.38. The number of carbonyl (C=O) groups excluding carboxylic acids is 4. The molecular weight excluding hydrogens is 350 g/mol. The molecule has 8 nitrogen and oxygen atoms in total. The van der Waals surface area contributed by atoms with E-state index >= 15 is 0 Å². The summed E-state index contributed by atoms with van der Waals surface area (Å²) in [7, 11) is 0. The first-order valence-electron chi connectivity index (χ1n) is 8.98. The summed E-state index contributed by atoms with van der Waals surface area (Å²) in [6, 6.07) is 5.63. The molecule has 0 aromatic heterocycles. The van der Waals surface area contributed by atoms with Crippen LogP contribution in [-0.4, -0.2) is 52.2 Å². The number of benzene rings is 1. The second-order valence-electron chi connectivity index (χ2n) is 7.25. The molecule has 2 aliphatic rings. The van der Waals surface area contributed by atoms with Gasteiger partial charge in [0.05, 0.1) is 12.0 Å². The van der Waals surface area contributed by atoms with Crippen molar-refractivity contribution < 1.29 is 24.3 Å². The lowest BCUT2D eigenvalue weighted by Crippen LogP contribution is -2.51. The Morgan fingerprint density at radius 2 is 1.89 bits per heavy atom. The molecule has 1 aromatic carbocycles. The summed E-state index contributed by atoms with van der Waals surface area (Å²) in [5.74, 6) is -2.54. The van der Waals surface area contributed by atoms with Crippen LogP contribution in [0.1, 0.15) is 31.4 Å². The van der Waals surface area contributed by atoms with Crippen LogP contribution in [0.3, 0.4) is 0 Å². The molecule has 0 radical (unpaired) electrons. The molecule has 144 valence electrons. The van der Waals surface area contributed by atoms with Crippen molar-refractivity contribution in [3.8, 4) is 0 Å². The van der Waals surface area contributed by atoms with E-state index in [0.29, 0.717) is 13.0 Å². The van der Waals surface area contributed by atoms with Crippen LogP contribution in [0.2, 0.25) is 0 Å². The highest BCUT2D eigenvalue weighted by Gasteiger charge is 2.46. The molecule has 0 unspecified atom stereocenters. The van der Waals surface area contributed by atoms with Gasteiger partial charge < -0.3 is 20.1 Å². The van der Waals surface area contributed by atoms with Gasteiger partial charge in [-0.1, -0.05) is 38.1 Å². The van der Waals surface area contributed by atoms with E-state index in [-0.39, 0.29) is 24.8 Å². The second-order valence-corrected chi connectivity index (χ2v) is 7.25. The van der Waals surface area contributed by atoms with Crippen molar-refractivity contribution in [2.45, 2.75) is 45.3 Å². The van der Waals surface area contributed by atoms with Crippen molar-refractivity contribution in [2.24, 2.45) is 5.92 Å². The van der Waals surface area contributed by atoms with E-state index in [9.17, 15) is 24.3 Å². The predicted molar refractivity (Wildman–Crippen MR) is 93.0 cm³/mol. The minimum atomic E-state index is -1.36. The maximum atomic E-state index is 12.6. The van der Waals surface area contributed by atoms with E-state index in [1.54, 1.807) is 13.8 Å². The SMILES string of the molecule is CC(C)[C@H](NC(=O)CCN1C(=O)[C@@H]2Cc3ccccc3CN2C1=O)C(=O)[O-]. The quantitative estimate of drug-likeness (QED) is 0.687. The van der Waals surface area contributed by atoms with Crippen LogP contribution < -0.4 is 10.4 Å². The molecule has 2 heterocycles. The van der Waals surface area contributed by atoms with Crippen molar-refractivity contribution in [1.82, 2.24) is 15.1 Å². The largest absolute Gasteiger partial charge is 0.548 e. The molecule has 0 saturated carbocycles. The molecule has 0 spiro atoms. The number of aliphatic carboxylic acids is 1. The van der Waals surface area contributed by atoms with Crippen LogP contribution in [0.5, 0.6) is 0 Å². The normalized spacial score (nSPS) is 19.7. The zero-order valence-corrected chi connectivity index (χ0v) is 15.3. The molecule has 2 atom stereocenters. The first kappa shape index (κ1) is 18.9. The van der Waals surface area contributed by atoms with E-state index in [4.69, 9.17) is 0 Å². The fourth-order valence-corrected chi connectivity index (χ4v) is 3.54. The Morgan fingerprint density at radius 1 is 1.22 bits per heavy atom. The number of hydrogen-bond acceptors (Lipinski definition) is 5. The third-order valence-electron chi connectivity index (χ3n) is 5.08. The molecular formula is C19H22N3O5-. The monoisotopic (exact) mass is 372 g/mol. The van der Waals surface area contributed by atoms with Crippen LogP contribution in [-0.2, 0) is 27.3 Å². The van der Waals surface area contributed by atoms with Gasteiger partial charge in [-0.15, -0.1) is 0 Å². The van der Waals surface area contributed by atoms with E-state index in [1.807, 2.05) is 24.3 Å². The third-order valence-corrected chi connectivity index (χ3v) is 5.08. The topological polar surface area (TPSA) is 110 Å². The molecule has 0 bridgehead atoms. The number of nitrogens with one attached hydrogen (secondary N) is 1. The Hall–Kier alpha value is -2.90. The van der Waals surface area contributed by atoms with Gasteiger partial charge in [0.1, 0.15) is 6.04 Å². The number of rotatable bonds is 6. The van der Waals surface area contributed by atoms with Crippen LogP contribution in [0, 0.1) is 5.92 Å². The van der Waals surface area contributed by atoms with Gasteiger partial charge in [0.15, 0.2) is 0 Å². The Labute approximate surface area is 157 Å². The van der Waals surface area contributed by atoms with E-state index in [1.165, 1.54) is 4.90 Å². The van der Waals surface area contributed by atoms with Gasteiger partial charge in [-0.3, -0.25) is 14.5 Å². The minimum Gasteiger partial charge on any atom is -0.548 e. The number of imide groups is 1. The van der Waals surface area contributed by atoms with Gasteiger partial charge in [-0.05, 0) is 17.0 Å². The zero-order valence-electron chi connectivity index (χ0n) is 15.3. The average Bonchev–Trinajstić information content (AvgIpc) is 2.86. The molecule has 1 fully saturated rings. The van der Waals surface area contributed by atoms with Gasteiger partial charge in [0.2, 0.25) is 5.91 Å². The van der Waals surface area contributed by atoms with Crippen molar-refractivity contribution in [1.29, 1.82) is 0 Å². The summed E-state index contributed by atoms with van der Waals surface area (Å²) in [6.45, 7) is 3.60. The summed E-state index contributed by atoms with van der Waals surface area (Å²) in [5, 5.41) is 13.5. The number of carbonyl (C=O) groups is 4. The summed E-state index contributed by atoms with van der Waals surface area (Å²) < 4.78 is 0. The van der Waals surface area contributed by atoms with Gasteiger partial charge in [0, 0.05) is 25.9 Å². The number of amides is 4. The van der Waals surface area contributed by atoms with Crippen LogP contribution in [0.4, 0.5) is 4.79 Å². The average molecular weight is 372 g/mol. The summed E-state index contributed by atoms with van der Waals surface area (Å²) in [6.07, 6.45) is 0.311. The lowest BCUT2D eigenvalue weighted by molar-refractivity contribution is -0.309. The molecule has 27 heavy (non-hydrogen) atoms. The minimum absolute atomic E-state index is 0.0787. The Morgan fingerprint density at radius 3 is 2.52 bits per heavy atom. The summed E-state index contributed by atoms with van der Waals surface area (Å²) in [4.78, 5) is 51.0. The smallest absolute Gasteiger partial charge is 0.327 e. The standard InChI is InChI=1S/C19H23N3O5/c1-11(2)16(18(25)26)20-15(23)7-8-21-17(24)14-9-12-5-3-4-6-13(12)10-22(14)19(21)27/h3-6,11,14,16H,7-10H2,1-2H3,(H,20,23)(H,25,26)/p-1/t14-,16-/m0/s1. The Balaban J connectivity index is 1.62. The number of carboxylic acid groups (broad SMARTS) is 1. The fraction of sp³-hybridized carbons (Fsp3) is 0.474. The van der Waals surface area contributed by atoms with Crippen molar-refractivity contribution in [2.75, 3.05) is 6.54 Å². The van der Waals surface area contributed by atoms with E-state index in [0.717, 1.165) is 16.0 Å². The maximum absolute atomic E-state index is 12.6. The zero-order chi connectivity index (χ0) is 19.7. The molecule has 4 amide bonds. The van der Waals surface area contributed by atoms with Gasteiger partial charge in [0.25, 0.3) is 5.91 Å². The fourth-order valence-electron chi connectivity index (χ4n) is 3.54. The predicted octanol–water partition coefficient (Wildman–Crippen LogP) is -0.344. The highest BCUT2D eigenvalue weighted by Crippen LogP contribution is 2.29. The molecule has 1 saturated heterocycles. The van der Waals surface area contributed by atoms with Gasteiger partial charge >= 0.3 is 6.03 Å². The number of urea groups is 1. The lowest BCUT2D eigenvalue weighted by Gasteiger charge is -2.28. The molecule has 8 heteroatoms. The van der Waals surface area contributed by atoms with Crippen molar-refractivity contribution >= 4 is 23.8 Å². The third kappa shape index (κ3) is 3.65. The number of fused-ring (bicyclic) bond motifs is 2. The molecule has 1 aromatic rings. The maximum Gasteiger partial charge on any atom is 0.327 e. The molecule has 3 rings (SSSR count). The summed E-state index contributed by atoms with van der Waals surface area (Å²) in [5.41, 5.74) is 2.07. The van der Waals surface area contributed by atoms with Crippen LogP contribution >= 0.6 is 0 Å². The van der Waals surface area contributed by atoms with Gasteiger partial charge in [-0.2, -0.15) is 0 Å². The number of nitrogens with zero attached hydrogens (tertiary/aromatic N) is 2. The molecule has 1 N–H and O–H groups in total. The molecule has 0 aliphatic carbocycles. The van der Waals surface area contributed by atoms with E-state index in [2.05, 4.69) is 5.32 Å². The van der Waals surface area contributed by atoms with Crippen molar-refractivity contribution in [3.05, 3.63) is 35.4 Å². The number of hydrogen-bond donors (Lipinski definition) is 1. The number of carboxylic acids is 1. The Bertz CT molecular complexity index is 748. The Kier molecular flexibility index (Phi) is 5.16. The lowest BCUT2D eigenvalue weighted by atomic mass is 9.95. The van der Waals surface area contributed by atoms with Crippen LogP contribution in [0.15, 0.2) is 24.3 Å². The van der Waals surface area contributed by atoms with Gasteiger partial charge in [-0.25, -0.2) is 4.79 Å². The van der Waals surface area contributed by atoms with Crippen molar-refractivity contribution in [3.63, 3.8) is 0 Å².